The molecule has 0 radical (unpaired) electrons. The normalized spacial score (nSPS) is 11.9. The Kier molecular flexibility index (Phi) is 3.97. The van der Waals surface area contributed by atoms with Crippen LogP contribution in [0.1, 0.15) is 41.8 Å². The lowest BCUT2D eigenvalue weighted by Gasteiger charge is -2.26. The lowest BCUT2D eigenvalue weighted by Crippen LogP contribution is -2.34. The third kappa shape index (κ3) is 3.18. The highest BCUT2D eigenvalue weighted by Gasteiger charge is 2.24. The van der Waals surface area contributed by atoms with Crippen LogP contribution < -0.4 is 5.73 Å². The van der Waals surface area contributed by atoms with Crippen molar-refractivity contribution in [3.63, 3.8) is 0 Å². The van der Waals surface area contributed by atoms with Gasteiger partial charge in [-0.3, -0.25) is 9.78 Å². The summed E-state index contributed by atoms with van der Waals surface area (Å²) in [6, 6.07) is 1.99. The zero-order valence-corrected chi connectivity index (χ0v) is 14.4. The third-order valence-corrected chi connectivity index (χ3v) is 4.41. The van der Waals surface area contributed by atoms with Gasteiger partial charge in [0.1, 0.15) is 4.88 Å². The number of pyridine rings is 1. The molecule has 0 aromatic carbocycles. The predicted molar refractivity (Wildman–Crippen MR) is 89.9 cm³/mol. The Morgan fingerprint density at radius 2 is 2.00 bits per heavy atom. The van der Waals surface area contributed by atoms with Crippen molar-refractivity contribution < 1.29 is 4.79 Å². The maximum absolute atomic E-state index is 12.6. The first-order valence-electron chi connectivity index (χ1n) is 7.02. The Hall–Kier alpha value is -1.62. The Labute approximate surface area is 130 Å². The molecule has 1 amide bonds. The molecule has 0 bridgehead atoms. The summed E-state index contributed by atoms with van der Waals surface area (Å²) >= 11 is 1.46. The average Bonchev–Trinajstić information content (AvgIpc) is 2.63. The number of thiophene rings is 1. The smallest absolute Gasteiger partial charge is 0.265 e. The van der Waals surface area contributed by atoms with Crippen LogP contribution in [-0.4, -0.2) is 29.4 Å². The number of aromatic nitrogens is 1. The number of rotatable bonds is 2. The summed E-state index contributed by atoms with van der Waals surface area (Å²) in [6.07, 6.45) is 0. The van der Waals surface area contributed by atoms with Gasteiger partial charge >= 0.3 is 0 Å². The summed E-state index contributed by atoms with van der Waals surface area (Å²) in [5.74, 6) is -0.0133. The number of aryl methyl sites for hydroxylation is 2. The quantitative estimate of drug-likeness (QED) is 0.922. The fourth-order valence-corrected chi connectivity index (χ4v) is 3.86. The zero-order valence-electron chi connectivity index (χ0n) is 13.6. The SMILES string of the molecule is Cc1cc2sc(C(=O)N(C)CC(C)(C)C)c(N)c2c(C)n1. The lowest BCUT2D eigenvalue weighted by molar-refractivity contribution is 0.0751. The number of hydrogen-bond donors (Lipinski definition) is 1. The molecule has 0 saturated carbocycles. The van der Waals surface area contributed by atoms with Gasteiger partial charge in [-0.05, 0) is 25.3 Å². The highest BCUT2D eigenvalue weighted by atomic mass is 32.1. The van der Waals surface area contributed by atoms with Crippen molar-refractivity contribution >= 4 is 33.0 Å². The maximum Gasteiger partial charge on any atom is 0.265 e. The van der Waals surface area contributed by atoms with Crippen molar-refractivity contribution in [1.29, 1.82) is 0 Å². The van der Waals surface area contributed by atoms with E-state index < -0.39 is 0 Å². The van der Waals surface area contributed by atoms with Crippen LogP contribution in [0.3, 0.4) is 0 Å². The number of anilines is 1. The van der Waals surface area contributed by atoms with Crippen molar-refractivity contribution in [3.8, 4) is 0 Å². The number of fused-ring (bicyclic) bond motifs is 1. The van der Waals surface area contributed by atoms with Crippen molar-refractivity contribution in [2.24, 2.45) is 5.41 Å². The molecule has 0 unspecified atom stereocenters. The fourth-order valence-electron chi connectivity index (χ4n) is 2.60. The summed E-state index contributed by atoms with van der Waals surface area (Å²) in [6.45, 7) is 10.9. The summed E-state index contributed by atoms with van der Waals surface area (Å²) in [5.41, 5.74) is 8.67. The Morgan fingerprint density at radius 3 is 2.57 bits per heavy atom. The molecule has 2 N–H and O–H groups in total. The van der Waals surface area contributed by atoms with E-state index in [4.69, 9.17) is 5.73 Å². The molecule has 114 valence electrons. The minimum absolute atomic E-state index is 0.0133. The molecule has 0 spiro atoms. The third-order valence-electron chi connectivity index (χ3n) is 3.27. The second-order valence-electron chi connectivity index (χ2n) is 6.79. The standard InChI is InChI=1S/C16H23N3OS/c1-9-7-11-12(10(2)18-9)13(17)14(21-11)15(20)19(6)8-16(3,4)5/h7H,8,17H2,1-6H3. The molecular weight excluding hydrogens is 282 g/mol. The summed E-state index contributed by atoms with van der Waals surface area (Å²) in [5, 5.41) is 0.915. The first-order valence-corrected chi connectivity index (χ1v) is 7.83. The highest BCUT2D eigenvalue weighted by Crippen LogP contribution is 2.36. The monoisotopic (exact) mass is 305 g/mol. The maximum atomic E-state index is 12.6. The van der Waals surface area contributed by atoms with Crippen LogP contribution in [0.4, 0.5) is 5.69 Å². The van der Waals surface area contributed by atoms with Crippen LogP contribution in [0.25, 0.3) is 10.1 Å². The van der Waals surface area contributed by atoms with Gasteiger partial charge < -0.3 is 10.6 Å². The van der Waals surface area contributed by atoms with Crippen LogP contribution in [-0.2, 0) is 0 Å². The van der Waals surface area contributed by atoms with Crippen molar-refractivity contribution in [2.75, 3.05) is 19.3 Å². The highest BCUT2D eigenvalue weighted by molar-refractivity contribution is 7.21. The van der Waals surface area contributed by atoms with Gasteiger partial charge in [0.15, 0.2) is 0 Å². The number of nitrogens with zero attached hydrogens (tertiary/aromatic N) is 2. The van der Waals surface area contributed by atoms with Gasteiger partial charge in [0, 0.05) is 35.1 Å². The molecule has 0 aliphatic heterocycles. The molecule has 0 aliphatic rings. The number of nitrogen functional groups attached to an aromatic ring is 1. The average molecular weight is 305 g/mol. The molecule has 0 saturated heterocycles. The molecule has 4 nitrogen and oxygen atoms in total. The number of carbonyl (C=O) groups is 1. The largest absolute Gasteiger partial charge is 0.397 e. The van der Waals surface area contributed by atoms with E-state index in [1.165, 1.54) is 11.3 Å². The van der Waals surface area contributed by atoms with E-state index in [0.29, 0.717) is 17.1 Å². The van der Waals surface area contributed by atoms with Crippen LogP contribution >= 0.6 is 11.3 Å². The van der Waals surface area contributed by atoms with Crippen LogP contribution in [0.2, 0.25) is 0 Å². The molecule has 21 heavy (non-hydrogen) atoms. The van der Waals surface area contributed by atoms with Gasteiger partial charge in [0.05, 0.1) is 5.69 Å². The van der Waals surface area contributed by atoms with E-state index >= 15 is 0 Å². The van der Waals surface area contributed by atoms with Crippen LogP contribution in [0.15, 0.2) is 6.07 Å². The number of amides is 1. The molecule has 5 heteroatoms. The molecule has 2 rings (SSSR count). The van der Waals surface area contributed by atoms with Gasteiger partial charge in [-0.25, -0.2) is 0 Å². The van der Waals surface area contributed by atoms with Crippen molar-refractivity contribution in [2.45, 2.75) is 34.6 Å². The summed E-state index contributed by atoms with van der Waals surface area (Å²) in [4.78, 5) is 19.5. The molecule has 2 heterocycles. The van der Waals surface area contributed by atoms with Gasteiger partial charge in [0.2, 0.25) is 0 Å². The van der Waals surface area contributed by atoms with E-state index in [-0.39, 0.29) is 11.3 Å². The molecular formula is C16H23N3OS. The second-order valence-corrected chi connectivity index (χ2v) is 7.84. The molecule has 0 fully saturated rings. The van der Waals surface area contributed by atoms with Gasteiger partial charge in [-0.15, -0.1) is 11.3 Å². The molecule has 0 atom stereocenters. The minimum Gasteiger partial charge on any atom is -0.397 e. The Balaban J connectivity index is 2.45. The van der Waals surface area contributed by atoms with E-state index in [9.17, 15) is 4.79 Å². The lowest BCUT2D eigenvalue weighted by atomic mass is 9.96. The van der Waals surface area contributed by atoms with Crippen molar-refractivity contribution in [1.82, 2.24) is 9.88 Å². The van der Waals surface area contributed by atoms with Crippen molar-refractivity contribution in [3.05, 3.63) is 22.3 Å². The summed E-state index contributed by atoms with van der Waals surface area (Å²) < 4.78 is 1.03. The van der Waals surface area contributed by atoms with E-state index in [1.54, 1.807) is 4.90 Å². The van der Waals surface area contributed by atoms with Gasteiger partial charge in [0.25, 0.3) is 5.91 Å². The Bertz CT molecular complexity index is 698. The Morgan fingerprint density at radius 1 is 1.38 bits per heavy atom. The first kappa shape index (κ1) is 15.8. The van der Waals surface area contributed by atoms with Gasteiger partial charge in [-0.2, -0.15) is 0 Å². The number of nitrogens with two attached hydrogens (primary N) is 1. The van der Waals surface area contributed by atoms with E-state index in [2.05, 4.69) is 25.8 Å². The zero-order chi connectivity index (χ0) is 15.9. The van der Waals surface area contributed by atoms with Crippen LogP contribution in [0.5, 0.6) is 0 Å². The van der Waals surface area contributed by atoms with E-state index in [0.717, 1.165) is 21.5 Å². The molecule has 2 aromatic heterocycles. The van der Waals surface area contributed by atoms with Gasteiger partial charge in [-0.1, -0.05) is 20.8 Å². The van der Waals surface area contributed by atoms with Crippen LogP contribution in [0, 0.1) is 19.3 Å². The van der Waals surface area contributed by atoms with E-state index in [1.807, 2.05) is 27.0 Å². The first-order chi connectivity index (χ1) is 9.60. The fraction of sp³-hybridized carbons (Fsp3) is 0.500. The molecule has 0 aliphatic carbocycles. The number of hydrogen-bond acceptors (Lipinski definition) is 4. The second kappa shape index (κ2) is 5.30. The molecule has 2 aromatic rings. The predicted octanol–water partition coefficient (Wildman–Crippen LogP) is 3.61. The topological polar surface area (TPSA) is 59.2 Å². The number of carbonyl (C=O) groups excluding carboxylic acids is 1. The summed E-state index contributed by atoms with van der Waals surface area (Å²) in [7, 11) is 1.83. The minimum atomic E-state index is -0.0133.